The highest BCUT2D eigenvalue weighted by atomic mass is 16.7. The van der Waals surface area contributed by atoms with Crippen LogP contribution in [0.5, 0.6) is 11.5 Å². The average molecular weight is 461 g/mol. The van der Waals surface area contributed by atoms with Crippen molar-refractivity contribution in [3.05, 3.63) is 58.7 Å². The maximum Gasteiger partial charge on any atom is 0.229 e. The molecule has 2 fully saturated rings. The van der Waals surface area contributed by atoms with Crippen LogP contribution in [0.2, 0.25) is 0 Å². The van der Waals surface area contributed by atoms with Crippen LogP contribution in [0, 0.1) is 6.92 Å². The Morgan fingerprint density at radius 1 is 0.970 bits per heavy atom. The summed E-state index contributed by atoms with van der Waals surface area (Å²) in [4.78, 5) is 0. The minimum absolute atomic E-state index is 0.198. The zero-order chi connectivity index (χ0) is 23.7. The topological polar surface area (TPSA) is 129 Å². The summed E-state index contributed by atoms with van der Waals surface area (Å²) in [6.45, 7) is 3.13. The lowest BCUT2D eigenvalue weighted by Crippen LogP contribution is -2.61. The maximum atomic E-state index is 10.4. The normalized spacial score (nSPS) is 28.4. The molecule has 2 aliphatic rings. The second-order valence-electron chi connectivity index (χ2n) is 8.98. The van der Waals surface area contributed by atoms with Crippen LogP contribution in [-0.4, -0.2) is 68.4 Å². The van der Waals surface area contributed by atoms with Gasteiger partial charge >= 0.3 is 0 Å². The van der Waals surface area contributed by atoms with Gasteiger partial charge < -0.3 is 39.7 Å². The Bertz CT molecular complexity index is 940. The van der Waals surface area contributed by atoms with Crippen molar-refractivity contribution < 1.29 is 39.7 Å². The lowest BCUT2D eigenvalue weighted by atomic mass is 9.95. The summed E-state index contributed by atoms with van der Waals surface area (Å²) >= 11 is 0. The molecule has 1 heterocycles. The first-order chi connectivity index (χ1) is 15.8. The van der Waals surface area contributed by atoms with Crippen LogP contribution in [-0.2, 0) is 17.8 Å². The molecule has 0 amide bonds. The molecule has 1 saturated carbocycles. The van der Waals surface area contributed by atoms with Gasteiger partial charge in [0.05, 0.1) is 18.8 Å². The lowest BCUT2D eigenvalue weighted by Gasteiger charge is -2.41. The fourth-order valence-corrected chi connectivity index (χ4v) is 4.04. The number of ether oxygens (including phenoxy) is 3. The number of rotatable bonds is 8. The first-order valence-electron chi connectivity index (χ1n) is 11.3. The third-order valence-electron chi connectivity index (χ3n) is 6.13. The van der Waals surface area contributed by atoms with Crippen molar-refractivity contribution in [2.45, 2.75) is 82.6 Å². The van der Waals surface area contributed by atoms with Crippen molar-refractivity contribution in [3.63, 3.8) is 0 Å². The fraction of sp³-hybridized carbons (Fsp3) is 0.520. The van der Waals surface area contributed by atoms with E-state index in [9.17, 15) is 25.5 Å². The molecule has 0 bridgehead atoms. The zero-order valence-electron chi connectivity index (χ0n) is 18.8. The zero-order valence-corrected chi connectivity index (χ0v) is 18.8. The van der Waals surface area contributed by atoms with Crippen molar-refractivity contribution >= 4 is 0 Å². The summed E-state index contributed by atoms with van der Waals surface area (Å²) in [5.74, 6) is 1.22. The van der Waals surface area contributed by atoms with Gasteiger partial charge in [-0.05, 0) is 61.6 Å². The van der Waals surface area contributed by atoms with E-state index in [0.29, 0.717) is 23.8 Å². The van der Waals surface area contributed by atoms with Crippen LogP contribution < -0.4 is 9.47 Å². The molecule has 33 heavy (non-hydrogen) atoms. The molecule has 4 rings (SSSR count). The largest absolute Gasteiger partial charge is 0.490 e. The number of aliphatic hydroxyl groups excluding tert-OH is 5. The van der Waals surface area contributed by atoms with Crippen LogP contribution >= 0.6 is 0 Å². The Morgan fingerprint density at radius 2 is 1.67 bits per heavy atom. The number of hydrogen-bond acceptors (Lipinski definition) is 8. The van der Waals surface area contributed by atoms with Crippen LogP contribution in [0.25, 0.3) is 0 Å². The minimum atomic E-state index is -1.55. The van der Waals surface area contributed by atoms with Gasteiger partial charge in [-0.25, -0.2) is 0 Å². The van der Waals surface area contributed by atoms with Gasteiger partial charge in [0, 0.05) is 12.0 Å². The van der Waals surface area contributed by atoms with Gasteiger partial charge in [-0.3, -0.25) is 0 Å². The monoisotopic (exact) mass is 460 g/mol. The van der Waals surface area contributed by atoms with E-state index in [4.69, 9.17) is 14.2 Å². The van der Waals surface area contributed by atoms with Crippen molar-refractivity contribution in [1.82, 2.24) is 0 Å². The summed E-state index contributed by atoms with van der Waals surface area (Å²) < 4.78 is 17.4. The smallest absolute Gasteiger partial charge is 0.229 e. The second-order valence-corrected chi connectivity index (χ2v) is 8.98. The number of hydrogen-bond donors (Lipinski definition) is 5. The van der Waals surface area contributed by atoms with E-state index in [-0.39, 0.29) is 6.61 Å². The Balaban J connectivity index is 1.58. The molecule has 1 aliphatic carbocycles. The molecule has 0 aromatic heterocycles. The molecule has 8 nitrogen and oxygen atoms in total. The standard InChI is InChI=1S/C25H32O8/c1-13-9-16(12-26)11-20(32-25-23(30)21(28)22(29)24(33-25)14(2)27)19(13)10-15-3-5-17(6-4-15)31-18-7-8-18/h3-6,9,11,14,18,21-30H,7-8,10,12H2,1-2H3/t14-,21+,22+,23-,24-,25-/m1/s1. The highest BCUT2D eigenvalue weighted by Crippen LogP contribution is 2.33. The maximum absolute atomic E-state index is 10.4. The minimum Gasteiger partial charge on any atom is -0.490 e. The molecule has 8 heteroatoms. The van der Waals surface area contributed by atoms with Crippen molar-refractivity contribution in [1.29, 1.82) is 0 Å². The summed E-state index contributed by atoms with van der Waals surface area (Å²) in [5.41, 5.74) is 3.35. The summed E-state index contributed by atoms with van der Waals surface area (Å²) in [5, 5.41) is 50.4. The van der Waals surface area contributed by atoms with Crippen molar-refractivity contribution in [2.24, 2.45) is 0 Å². The first-order valence-corrected chi connectivity index (χ1v) is 11.3. The molecule has 1 aliphatic heterocycles. The molecular weight excluding hydrogens is 428 g/mol. The van der Waals surface area contributed by atoms with Gasteiger partial charge in [-0.1, -0.05) is 18.2 Å². The average Bonchev–Trinajstić information content (AvgIpc) is 3.61. The molecule has 6 atom stereocenters. The van der Waals surface area contributed by atoms with Crippen LogP contribution in [0.4, 0.5) is 0 Å². The quantitative estimate of drug-likeness (QED) is 0.397. The van der Waals surface area contributed by atoms with E-state index in [0.717, 1.165) is 35.3 Å². The van der Waals surface area contributed by atoms with Crippen LogP contribution in [0.1, 0.15) is 42.0 Å². The van der Waals surface area contributed by atoms with Gasteiger partial charge in [-0.15, -0.1) is 0 Å². The van der Waals surface area contributed by atoms with Gasteiger partial charge in [0.15, 0.2) is 0 Å². The van der Waals surface area contributed by atoms with E-state index in [1.165, 1.54) is 6.92 Å². The molecule has 0 radical (unpaired) electrons. The lowest BCUT2D eigenvalue weighted by molar-refractivity contribution is -0.286. The summed E-state index contributed by atoms with van der Waals surface area (Å²) in [6, 6.07) is 11.4. The van der Waals surface area contributed by atoms with Crippen LogP contribution in [0.3, 0.4) is 0 Å². The summed E-state index contributed by atoms with van der Waals surface area (Å²) in [6.07, 6.45) is -5.04. The second kappa shape index (κ2) is 9.97. The first kappa shape index (κ1) is 23.9. The molecule has 0 spiro atoms. The number of aliphatic hydroxyl groups is 5. The van der Waals surface area contributed by atoms with E-state index in [2.05, 4.69) is 0 Å². The van der Waals surface area contributed by atoms with Gasteiger partial charge in [0.2, 0.25) is 6.29 Å². The van der Waals surface area contributed by atoms with E-state index in [1.807, 2.05) is 37.3 Å². The predicted molar refractivity (Wildman–Crippen MR) is 119 cm³/mol. The van der Waals surface area contributed by atoms with E-state index < -0.39 is 36.8 Å². The Kier molecular flexibility index (Phi) is 7.23. The van der Waals surface area contributed by atoms with Crippen LogP contribution in [0.15, 0.2) is 36.4 Å². The fourth-order valence-electron chi connectivity index (χ4n) is 4.04. The molecule has 2 aromatic rings. The van der Waals surface area contributed by atoms with Crippen molar-refractivity contribution in [2.75, 3.05) is 0 Å². The third-order valence-corrected chi connectivity index (χ3v) is 6.13. The van der Waals surface area contributed by atoms with Crippen molar-refractivity contribution in [3.8, 4) is 11.5 Å². The molecule has 180 valence electrons. The van der Waals surface area contributed by atoms with Gasteiger partial charge in [0.1, 0.15) is 35.9 Å². The number of aryl methyl sites for hydroxylation is 1. The third kappa shape index (κ3) is 5.48. The predicted octanol–water partition coefficient (Wildman–Crippen LogP) is 1.19. The Hall–Kier alpha value is -2.20. The SMILES string of the molecule is Cc1cc(CO)cc(O[C@@H]2O[C@H]([C@@H](C)O)[C@@H](O)[C@H](O)[C@H]2O)c1Cc1ccc(OC2CC2)cc1. The molecule has 5 N–H and O–H groups in total. The highest BCUT2D eigenvalue weighted by Gasteiger charge is 2.46. The molecular formula is C25H32O8. The molecule has 0 unspecified atom stereocenters. The Labute approximate surface area is 193 Å². The van der Waals surface area contributed by atoms with Gasteiger partial charge in [0.25, 0.3) is 0 Å². The van der Waals surface area contributed by atoms with E-state index in [1.54, 1.807) is 6.07 Å². The highest BCUT2D eigenvalue weighted by molar-refractivity contribution is 5.46. The number of benzene rings is 2. The molecule has 2 aromatic carbocycles. The van der Waals surface area contributed by atoms with Gasteiger partial charge in [-0.2, -0.15) is 0 Å². The van der Waals surface area contributed by atoms with E-state index >= 15 is 0 Å². The summed E-state index contributed by atoms with van der Waals surface area (Å²) in [7, 11) is 0. The molecule has 1 saturated heterocycles. The Morgan fingerprint density at radius 3 is 2.27 bits per heavy atom.